The number of halogens is 2. The van der Waals surface area contributed by atoms with E-state index in [2.05, 4.69) is 27.8 Å². The third kappa shape index (κ3) is 6.28. The van der Waals surface area contributed by atoms with Gasteiger partial charge in [0.25, 0.3) is 0 Å². The van der Waals surface area contributed by atoms with Crippen LogP contribution in [0.2, 0.25) is 0 Å². The number of fused-ring (bicyclic) bond motifs is 1. The fraction of sp³-hybridized carbons (Fsp3) is 0.273. The maximum absolute atomic E-state index is 13.3. The number of benzene rings is 2. The van der Waals surface area contributed by atoms with Crippen LogP contribution in [0, 0.1) is 5.82 Å². The van der Waals surface area contributed by atoms with E-state index in [4.69, 9.17) is 4.98 Å². The number of pyridine rings is 1. The fourth-order valence-electron chi connectivity index (χ4n) is 3.02. The molecular formula is C22H27FIN5. The van der Waals surface area contributed by atoms with E-state index in [0.717, 1.165) is 34.3 Å². The molecule has 1 aromatic heterocycles. The second kappa shape index (κ2) is 10.9. The molecule has 0 spiro atoms. The highest BCUT2D eigenvalue weighted by Gasteiger charge is 2.08. The number of para-hydroxylation sites is 1. The number of rotatable bonds is 6. The van der Waals surface area contributed by atoms with Crippen molar-refractivity contribution in [2.24, 2.45) is 4.99 Å². The first kappa shape index (κ1) is 22.9. The molecule has 0 fully saturated rings. The van der Waals surface area contributed by atoms with Crippen LogP contribution in [0.3, 0.4) is 0 Å². The Bertz CT molecular complexity index is 974. The van der Waals surface area contributed by atoms with Crippen molar-refractivity contribution in [3.63, 3.8) is 0 Å². The molecule has 2 N–H and O–H groups in total. The highest BCUT2D eigenvalue weighted by Crippen LogP contribution is 2.21. The molecule has 0 saturated carbocycles. The van der Waals surface area contributed by atoms with E-state index >= 15 is 0 Å². The molecule has 3 aromatic rings. The largest absolute Gasteiger partial charge is 0.363 e. The number of hydrogen-bond donors (Lipinski definition) is 2. The molecule has 2 aromatic carbocycles. The Labute approximate surface area is 188 Å². The number of aromatic nitrogens is 1. The quantitative estimate of drug-likeness (QED) is 0.301. The van der Waals surface area contributed by atoms with Gasteiger partial charge in [0.05, 0.1) is 5.52 Å². The molecule has 0 bridgehead atoms. The van der Waals surface area contributed by atoms with Gasteiger partial charge in [-0.25, -0.2) is 9.37 Å². The van der Waals surface area contributed by atoms with Crippen molar-refractivity contribution in [1.29, 1.82) is 0 Å². The lowest BCUT2D eigenvalue weighted by atomic mass is 10.1. The van der Waals surface area contributed by atoms with Crippen LogP contribution in [0.1, 0.15) is 11.1 Å². The molecule has 0 atom stereocenters. The van der Waals surface area contributed by atoms with Gasteiger partial charge in [-0.2, -0.15) is 0 Å². The average molecular weight is 507 g/mol. The van der Waals surface area contributed by atoms with Gasteiger partial charge in [0.15, 0.2) is 5.96 Å². The third-order valence-corrected chi connectivity index (χ3v) is 4.51. The first-order valence-corrected chi connectivity index (χ1v) is 9.32. The molecule has 3 rings (SSSR count). The topological polar surface area (TPSA) is 52.6 Å². The molecule has 154 valence electrons. The van der Waals surface area contributed by atoms with Crippen LogP contribution in [0.5, 0.6) is 0 Å². The van der Waals surface area contributed by atoms with Crippen molar-refractivity contribution >= 4 is 46.7 Å². The predicted octanol–water partition coefficient (Wildman–Crippen LogP) is 3.97. The molecule has 1 heterocycles. The van der Waals surface area contributed by atoms with Crippen molar-refractivity contribution in [3.05, 3.63) is 71.5 Å². The molecule has 0 radical (unpaired) electrons. The van der Waals surface area contributed by atoms with Gasteiger partial charge >= 0.3 is 0 Å². The number of guanidine groups is 1. The highest BCUT2D eigenvalue weighted by atomic mass is 127. The molecule has 0 aliphatic rings. The molecule has 0 aliphatic heterocycles. The molecular weight excluding hydrogens is 480 g/mol. The van der Waals surface area contributed by atoms with E-state index in [9.17, 15) is 4.39 Å². The summed E-state index contributed by atoms with van der Waals surface area (Å²) in [4.78, 5) is 11.0. The van der Waals surface area contributed by atoms with Crippen LogP contribution in [0.4, 0.5) is 10.2 Å². The third-order valence-electron chi connectivity index (χ3n) is 4.51. The molecule has 0 amide bonds. The molecule has 0 unspecified atom stereocenters. The normalized spacial score (nSPS) is 11.1. The summed E-state index contributed by atoms with van der Waals surface area (Å²) in [5.41, 5.74) is 3.08. The maximum Gasteiger partial charge on any atom is 0.191 e. The zero-order valence-corrected chi connectivity index (χ0v) is 19.3. The monoisotopic (exact) mass is 507 g/mol. The summed E-state index contributed by atoms with van der Waals surface area (Å²) in [5.74, 6) is 1.43. The Morgan fingerprint density at radius 3 is 2.59 bits per heavy atom. The van der Waals surface area contributed by atoms with E-state index in [1.54, 1.807) is 19.2 Å². The summed E-state index contributed by atoms with van der Waals surface area (Å²) < 4.78 is 13.3. The van der Waals surface area contributed by atoms with Crippen LogP contribution < -0.4 is 15.5 Å². The van der Waals surface area contributed by atoms with Crippen LogP contribution in [0.15, 0.2) is 59.6 Å². The molecule has 7 heteroatoms. The summed E-state index contributed by atoms with van der Waals surface area (Å²) in [6, 6.07) is 16.9. The van der Waals surface area contributed by atoms with E-state index in [1.165, 1.54) is 6.07 Å². The summed E-state index contributed by atoms with van der Waals surface area (Å²) in [6.07, 6.45) is 0.724. The van der Waals surface area contributed by atoms with E-state index in [-0.39, 0.29) is 29.8 Å². The van der Waals surface area contributed by atoms with Crippen molar-refractivity contribution < 1.29 is 4.39 Å². The zero-order chi connectivity index (χ0) is 19.9. The van der Waals surface area contributed by atoms with Crippen LogP contribution in [-0.2, 0) is 13.0 Å². The second-order valence-electron chi connectivity index (χ2n) is 6.78. The first-order valence-electron chi connectivity index (χ1n) is 9.32. The lowest BCUT2D eigenvalue weighted by Crippen LogP contribution is -2.38. The first-order chi connectivity index (χ1) is 13.6. The Kier molecular flexibility index (Phi) is 8.63. The van der Waals surface area contributed by atoms with Gasteiger partial charge in [-0.3, -0.25) is 4.99 Å². The summed E-state index contributed by atoms with van der Waals surface area (Å²) in [5, 5.41) is 7.76. The standard InChI is InChI=1S/C22H26FN5.HI/c1-24-22(25-12-11-16-7-6-8-18(23)13-16)26-15-17-14-21(28(2)3)27-20-10-5-4-9-19(17)20;/h4-10,13-14H,11-12,15H2,1-3H3,(H2,24,25,26);1H. The van der Waals surface area contributed by atoms with Crippen LogP contribution in [0.25, 0.3) is 10.9 Å². The molecule has 5 nitrogen and oxygen atoms in total. The molecule has 0 aliphatic carbocycles. The smallest absolute Gasteiger partial charge is 0.191 e. The van der Waals surface area contributed by atoms with Crippen molar-refractivity contribution in [2.45, 2.75) is 13.0 Å². The summed E-state index contributed by atoms with van der Waals surface area (Å²) in [7, 11) is 5.72. The van der Waals surface area contributed by atoms with Gasteiger partial charge < -0.3 is 15.5 Å². The molecule has 0 saturated heterocycles. The Morgan fingerprint density at radius 2 is 1.86 bits per heavy atom. The van der Waals surface area contributed by atoms with Gasteiger partial charge in [-0.05, 0) is 41.8 Å². The predicted molar refractivity (Wildman–Crippen MR) is 130 cm³/mol. The maximum atomic E-state index is 13.3. The lowest BCUT2D eigenvalue weighted by Gasteiger charge is -2.17. The number of anilines is 1. The minimum absolute atomic E-state index is 0. The Balaban J connectivity index is 0.00000300. The highest BCUT2D eigenvalue weighted by molar-refractivity contribution is 14.0. The Morgan fingerprint density at radius 1 is 1.07 bits per heavy atom. The van der Waals surface area contributed by atoms with Crippen molar-refractivity contribution in [3.8, 4) is 0 Å². The van der Waals surface area contributed by atoms with Crippen molar-refractivity contribution in [1.82, 2.24) is 15.6 Å². The molecule has 29 heavy (non-hydrogen) atoms. The van der Waals surface area contributed by atoms with E-state index < -0.39 is 0 Å². The number of nitrogens with one attached hydrogen (secondary N) is 2. The van der Waals surface area contributed by atoms with Gasteiger partial charge in [-0.1, -0.05) is 30.3 Å². The van der Waals surface area contributed by atoms with Crippen molar-refractivity contribution in [2.75, 3.05) is 32.6 Å². The lowest BCUT2D eigenvalue weighted by molar-refractivity contribution is 0.625. The summed E-state index contributed by atoms with van der Waals surface area (Å²) in [6.45, 7) is 1.30. The minimum Gasteiger partial charge on any atom is -0.363 e. The number of nitrogens with zero attached hydrogens (tertiary/aromatic N) is 3. The van der Waals surface area contributed by atoms with Gasteiger partial charge in [-0.15, -0.1) is 24.0 Å². The SMILES string of the molecule is CN=C(NCCc1cccc(F)c1)NCc1cc(N(C)C)nc2ccccc12.I. The average Bonchev–Trinajstić information content (AvgIpc) is 2.70. The van der Waals surface area contributed by atoms with Crippen LogP contribution in [-0.4, -0.2) is 38.6 Å². The van der Waals surface area contributed by atoms with E-state index in [1.807, 2.05) is 43.3 Å². The van der Waals surface area contributed by atoms with Gasteiger partial charge in [0.2, 0.25) is 0 Å². The number of hydrogen-bond acceptors (Lipinski definition) is 3. The fourth-order valence-corrected chi connectivity index (χ4v) is 3.02. The van der Waals surface area contributed by atoms with Crippen LogP contribution >= 0.6 is 24.0 Å². The van der Waals surface area contributed by atoms with E-state index in [0.29, 0.717) is 19.0 Å². The van der Waals surface area contributed by atoms with Gasteiger partial charge in [0, 0.05) is 39.6 Å². The second-order valence-corrected chi connectivity index (χ2v) is 6.78. The Hall–Kier alpha value is -2.42. The number of aliphatic imine (C=N–C) groups is 1. The van der Waals surface area contributed by atoms with Gasteiger partial charge in [0.1, 0.15) is 11.6 Å². The zero-order valence-electron chi connectivity index (χ0n) is 16.9. The minimum atomic E-state index is -0.207. The summed E-state index contributed by atoms with van der Waals surface area (Å²) >= 11 is 0.